The van der Waals surface area contributed by atoms with Crippen molar-refractivity contribution in [3.05, 3.63) is 83.4 Å². The van der Waals surface area contributed by atoms with Crippen molar-refractivity contribution in [1.29, 1.82) is 0 Å². The van der Waals surface area contributed by atoms with Crippen molar-refractivity contribution < 1.29 is 14.0 Å². The van der Waals surface area contributed by atoms with Crippen LogP contribution < -0.4 is 0 Å². The molecule has 0 N–H and O–H groups in total. The fourth-order valence-electron chi connectivity index (χ4n) is 2.55. The summed E-state index contributed by atoms with van der Waals surface area (Å²) in [5.74, 6) is -0.911. The van der Waals surface area contributed by atoms with Crippen molar-refractivity contribution >= 4 is 12.2 Å². The summed E-state index contributed by atoms with van der Waals surface area (Å²) < 4.78 is 14.6. The number of oxime groups is 1. The Morgan fingerprint density at radius 2 is 1.92 bits per heavy atom. The van der Waals surface area contributed by atoms with Crippen LogP contribution in [0.2, 0.25) is 0 Å². The minimum Gasteiger partial charge on any atom is -0.313 e. The predicted octanol–water partition coefficient (Wildman–Crippen LogP) is 4.15. The lowest BCUT2D eigenvalue weighted by Crippen LogP contribution is -2.08. The van der Waals surface area contributed by atoms with Gasteiger partial charge in [-0.05, 0) is 36.2 Å². The minimum atomic E-state index is -0.575. The van der Waals surface area contributed by atoms with Crippen molar-refractivity contribution in [3.8, 4) is 5.69 Å². The van der Waals surface area contributed by atoms with Gasteiger partial charge in [0.25, 0.3) is 0 Å². The van der Waals surface area contributed by atoms with Gasteiger partial charge >= 0.3 is 5.97 Å². The van der Waals surface area contributed by atoms with Gasteiger partial charge in [-0.25, -0.2) is 13.9 Å². The summed E-state index contributed by atoms with van der Waals surface area (Å²) in [6, 6.07) is 15.3. The molecule has 0 aliphatic heterocycles. The van der Waals surface area contributed by atoms with Crippen LogP contribution in [-0.4, -0.2) is 22.0 Å². The van der Waals surface area contributed by atoms with Crippen LogP contribution in [0.15, 0.2) is 65.9 Å². The molecule has 0 spiro atoms. The molecule has 1 heterocycles. The molecule has 1 aromatic heterocycles. The molecule has 0 bridgehead atoms. The Hall–Kier alpha value is -3.28. The van der Waals surface area contributed by atoms with E-state index in [4.69, 9.17) is 4.84 Å². The number of nitrogens with zero attached hydrogens (tertiary/aromatic N) is 3. The molecule has 3 rings (SSSR count). The first-order valence-electron chi connectivity index (χ1n) is 8.31. The van der Waals surface area contributed by atoms with E-state index in [1.165, 1.54) is 24.5 Å². The number of carbonyl (C=O) groups is 1. The first-order chi connectivity index (χ1) is 12.7. The zero-order valence-corrected chi connectivity index (χ0v) is 14.3. The van der Waals surface area contributed by atoms with E-state index in [-0.39, 0.29) is 5.82 Å². The minimum absolute atomic E-state index is 0.336. The lowest BCUT2D eigenvalue weighted by atomic mass is 10.1. The van der Waals surface area contributed by atoms with Crippen molar-refractivity contribution in [1.82, 2.24) is 9.78 Å². The summed E-state index contributed by atoms with van der Waals surface area (Å²) in [4.78, 5) is 17.4. The third-order valence-electron chi connectivity index (χ3n) is 3.78. The lowest BCUT2D eigenvalue weighted by Gasteiger charge is -2.07. The summed E-state index contributed by atoms with van der Waals surface area (Å²) in [6.07, 6.45) is 4.39. The number of aromatic nitrogens is 2. The van der Waals surface area contributed by atoms with Crippen LogP contribution in [0, 0.1) is 5.82 Å². The second-order valence-electron chi connectivity index (χ2n) is 5.67. The number of rotatable bonds is 6. The van der Waals surface area contributed by atoms with E-state index in [1.807, 2.05) is 37.3 Å². The second-order valence-corrected chi connectivity index (χ2v) is 5.67. The molecule has 0 radical (unpaired) electrons. The molecule has 132 valence electrons. The van der Waals surface area contributed by atoms with E-state index in [0.717, 1.165) is 17.8 Å². The summed E-state index contributed by atoms with van der Waals surface area (Å²) in [6.45, 7) is 2.03. The van der Waals surface area contributed by atoms with E-state index < -0.39 is 5.97 Å². The molecule has 2 aromatic carbocycles. The van der Waals surface area contributed by atoms with E-state index in [9.17, 15) is 9.18 Å². The van der Waals surface area contributed by atoms with Gasteiger partial charge in [0.05, 0.1) is 23.8 Å². The second kappa shape index (κ2) is 8.20. The zero-order chi connectivity index (χ0) is 18.4. The predicted molar refractivity (Wildman–Crippen MR) is 97.0 cm³/mol. The fourth-order valence-corrected chi connectivity index (χ4v) is 2.55. The van der Waals surface area contributed by atoms with Crippen LogP contribution in [0.4, 0.5) is 4.39 Å². The van der Waals surface area contributed by atoms with Crippen LogP contribution >= 0.6 is 0 Å². The molecule has 3 aromatic rings. The average Bonchev–Trinajstić information content (AvgIpc) is 3.08. The van der Waals surface area contributed by atoms with Crippen LogP contribution in [-0.2, 0) is 11.3 Å². The molecule has 0 aliphatic rings. The molecule has 0 aliphatic carbocycles. The first-order valence-corrected chi connectivity index (χ1v) is 8.31. The first kappa shape index (κ1) is 17.5. The molecule has 0 amide bonds. The highest BCUT2D eigenvalue weighted by Crippen LogP contribution is 2.17. The number of para-hydroxylation sites is 1. The molecule has 0 atom stereocenters. The van der Waals surface area contributed by atoms with Crippen LogP contribution in [0.25, 0.3) is 5.69 Å². The Balaban J connectivity index is 1.78. The van der Waals surface area contributed by atoms with Gasteiger partial charge in [0.15, 0.2) is 0 Å². The van der Waals surface area contributed by atoms with E-state index in [2.05, 4.69) is 10.3 Å². The smallest absolute Gasteiger partial charge is 0.313 e. The fraction of sp³-hybridized carbons (Fsp3) is 0.150. The van der Waals surface area contributed by atoms with Gasteiger partial charge in [-0.2, -0.15) is 5.10 Å². The number of benzene rings is 2. The molecule has 0 fully saturated rings. The Morgan fingerprint density at radius 3 is 2.62 bits per heavy atom. The highest BCUT2D eigenvalue weighted by Gasteiger charge is 2.19. The SMILES string of the molecule is CCCc1c(C(=O)O/N=C/c2ccc(F)cc2)cnn1-c1ccccc1. The highest BCUT2D eigenvalue weighted by molar-refractivity contribution is 5.91. The summed E-state index contributed by atoms with van der Waals surface area (Å²) in [5.41, 5.74) is 2.67. The third kappa shape index (κ3) is 4.03. The maximum absolute atomic E-state index is 12.9. The number of hydrogen-bond donors (Lipinski definition) is 0. The van der Waals surface area contributed by atoms with Crippen molar-refractivity contribution in [2.75, 3.05) is 0 Å². The van der Waals surface area contributed by atoms with Gasteiger partial charge < -0.3 is 4.84 Å². The maximum Gasteiger partial charge on any atom is 0.369 e. The molecule has 0 unspecified atom stereocenters. The van der Waals surface area contributed by atoms with Gasteiger partial charge in [-0.3, -0.25) is 0 Å². The van der Waals surface area contributed by atoms with Crippen LogP contribution in [0.1, 0.15) is 35.0 Å². The number of carbonyl (C=O) groups excluding carboxylic acids is 1. The Bertz CT molecular complexity index is 903. The Labute approximate surface area is 150 Å². The number of halogens is 1. The number of hydrogen-bond acceptors (Lipinski definition) is 4. The quantitative estimate of drug-likeness (QED) is 0.381. The summed E-state index contributed by atoms with van der Waals surface area (Å²) >= 11 is 0. The molecular weight excluding hydrogens is 333 g/mol. The van der Waals surface area contributed by atoms with Crippen LogP contribution in [0.5, 0.6) is 0 Å². The maximum atomic E-state index is 12.9. The Kier molecular flexibility index (Phi) is 5.53. The van der Waals surface area contributed by atoms with Crippen molar-refractivity contribution in [2.24, 2.45) is 5.16 Å². The van der Waals surface area contributed by atoms with Gasteiger partial charge in [0, 0.05) is 0 Å². The normalized spacial score (nSPS) is 11.0. The molecule has 26 heavy (non-hydrogen) atoms. The van der Waals surface area contributed by atoms with Crippen LogP contribution in [0.3, 0.4) is 0 Å². The van der Waals surface area contributed by atoms with Gasteiger partial charge in [-0.1, -0.05) is 48.8 Å². The lowest BCUT2D eigenvalue weighted by molar-refractivity contribution is 0.0518. The standard InChI is InChI=1S/C20H18FN3O2/c1-2-6-19-18(14-22-24(19)17-7-4-3-5-8-17)20(25)26-23-13-15-9-11-16(21)12-10-15/h3-5,7-14H,2,6H2,1H3/b23-13+. The molecule has 5 nitrogen and oxygen atoms in total. The third-order valence-corrected chi connectivity index (χ3v) is 3.78. The van der Waals surface area contributed by atoms with Gasteiger partial charge in [-0.15, -0.1) is 0 Å². The largest absolute Gasteiger partial charge is 0.369 e. The van der Waals surface area contributed by atoms with E-state index in [1.54, 1.807) is 16.8 Å². The molecular formula is C20H18FN3O2. The molecule has 0 saturated heterocycles. The monoisotopic (exact) mass is 351 g/mol. The Morgan fingerprint density at radius 1 is 1.19 bits per heavy atom. The highest BCUT2D eigenvalue weighted by atomic mass is 19.1. The molecule has 6 heteroatoms. The average molecular weight is 351 g/mol. The van der Waals surface area contributed by atoms with Gasteiger partial charge in [0.2, 0.25) is 0 Å². The summed E-state index contributed by atoms with van der Waals surface area (Å²) in [5, 5.41) is 8.02. The van der Waals surface area contributed by atoms with Crippen molar-refractivity contribution in [2.45, 2.75) is 19.8 Å². The van der Waals surface area contributed by atoms with E-state index in [0.29, 0.717) is 17.5 Å². The molecule has 0 saturated carbocycles. The van der Waals surface area contributed by atoms with Crippen molar-refractivity contribution in [3.63, 3.8) is 0 Å². The summed E-state index contributed by atoms with van der Waals surface area (Å²) in [7, 11) is 0. The van der Waals surface area contributed by atoms with Gasteiger partial charge in [0.1, 0.15) is 11.4 Å². The zero-order valence-electron chi connectivity index (χ0n) is 14.3. The topological polar surface area (TPSA) is 56.5 Å². The van der Waals surface area contributed by atoms with E-state index >= 15 is 0 Å².